The van der Waals surface area contributed by atoms with Crippen LogP contribution in [0.15, 0.2) is 42.1 Å². The number of benzene rings is 2. The van der Waals surface area contributed by atoms with Crippen LogP contribution in [0.5, 0.6) is 0 Å². The van der Waals surface area contributed by atoms with Crippen LogP contribution < -0.4 is 4.90 Å². The van der Waals surface area contributed by atoms with E-state index in [9.17, 15) is 9.59 Å². The third kappa shape index (κ3) is 3.25. The third-order valence-electron chi connectivity index (χ3n) is 6.00. The maximum atomic E-state index is 13.6. The second-order valence-corrected chi connectivity index (χ2v) is 7.79. The Labute approximate surface area is 171 Å². The summed E-state index contributed by atoms with van der Waals surface area (Å²) in [7, 11) is 0. The van der Waals surface area contributed by atoms with Gasteiger partial charge in [0, 0.05) is 13.1 Å². The van der Waals surface area contributed by atoms with Crippen molar-refractivity contribution in [1.29, 1.82) is 0 Å². The zero-order chi connectivity index (χ0) is 20.7. The molecule has 0 saturated carbocycles. The van der Waals surface area contributed by atoms with Crippen molar-refractivity contribution in [3.8, 4) is 0 Å². The second-order valence-electron chi connectivity index (χ2n) is 7.79. The number of aryl methyl sites for hydroxylation is 3. The Morgan fingerprint density at radius 1 is 0.828 bits per heavy atom. The lowest BCUT2D eigenvalue weighted by molar-refractivity contribution is -0.121. The Bertz CT molecular complexity index is 1030. The van der Waals surface area contributed by atoms with Crippen LogP contribution in [0.2, 0.25) is 0 Å². The molecule has 2 aromatic carbocycles. The lowest BCUT2D eigenvalue weighted by Gasteiger charge is -2.30. The number of anilines is 1. The number of carbonyl (C=O) groups is 2. The van der Waals surface area contributed by atoms with Gasteiger partial charge in [0.05, 0.1) is 24.5 Å². The fourth-order valence-electron chi connectivity index (χ4n) is 3.95. The molecule has 0 N–H and O–H groups in total. The SMILES string of the molecule is Cc1ccc(C2=C(N3CCOCC3)C(=O)N(c3cccc(C)c3C)C2=O)cc1C. The monoisotopic (exact) mass is 390 g/mol. The van der Waals surface area contributed by atoms with Gasteiger partial charge in [0.2, 0.25) is 0 Å². The van der Waals surface area contributed by atoms with Gasteiger partial charge in [-0.05, 0) is 61.6 Å². The normalized spacial score (nSPS) is 17.5. The van der Waals surface area contributed by atoms with E-state index < -0.39 is 0 Å². The lowest BCUT2D eigenvalue weighted by Crippen LogP contribution is -2.40. The standard InChI is InChI=1S/C24H26N2O3/c1-15-8-9-19(14-17(15)3)21-22(25-10-12-29-13-11-25)24(28)26(23(21)27)20-7-5-6-16(2)18(20)4/h5-9,14H,10-13H2,1-4H3. The number of amides is 2. The smallest absolute Gasteiger partial charge is 0.282 e. The number of rotatable bonds is 3. The summed E-state index contributed by atoms with van der Waals surface area (Å²) in [4.78, 5) is 30.5. The number of ether oxygens (including phenoxy) is 1. The highest BCUT2D eigenvalue weighted by Gasteiger charge is 2.43. The van der Waals surface area contributed by atoms with E-state index in [2.05, 4.69) is 0 Å². The Kier molecular flexibility index (Phi) is 5.01. The minimum atomic E-state index is -0.256. The van der Waals surface area contributed by atoms with Crippen LogP contribution >= 0.6 is 0 Å². The van der Waals surface area contributed by atoms with E-state index in [0.29, 0.717) is 43.3 Å². The summed E-state index contributed by atoms with van der Waals surface area (Å²) in [6, 6.07) is 11.7. The van der Waals surface area contributed by atoms with Gasteiger partial charge in [-0.3, -0.25) is 9.59 Å². The van der Waals surface area contributed by atoms with Crippen LogP contribution in [0.4, 0.5) is 5.69 Å². The molecule has 1 saturated heterocycles. The van der Waals surface area contributed by atoms with Crippen molar-refractivity contribution in [3.05, 3.63) is 69.9 Å². The highest BCUT2D eigenvalue weighted by Crippen LogP contribution is 2.37. The Balaban J connectivity index is 1.88. The van der Waals surface area contributed by atoms with Gasteiger partial charge >= 0.3 is 0 Å². The average Bonchev–Trinajstić information content (AvgIpc) is 2.97. The van der Waals surface area contributed by atoms with Gasteiger partial charge in [0.1, 0.15) is 5.70 Å². The molecule has 5 nitrogen and oxygen atoms in total. The summed E-state index contributed by atoms with van der Waals surface area (Å²) in [5.74, 6) is -0.507. The summed E-state index contributed by atoms with van der Waals surface area (Å²) in [5, 5.41) is 0. The summed E-state index contributed by atoms with van der Waals surface area (Å²) < 4.78 is 5.47. The van der Waals surface area contributed by atoms with E-state index in [4.69, 9.17) is 4.74 Å². The van der Waals surface area contributed by atoms with Gasteiger partial charge < -0.3 is 9.64 Å². The Morgan fingerprint density at radius 3 is 2.24 bits per heavy atom. The first-order valence-electron chi connectivity index (χ1n) is 9.99. The third-order valence-corrected chi connectivity index (χ3v) is 6.00. The molecule has 2 heterocycles. The lowest BCUT2D eigenvalue weighted by atomic mass is 9.99. The van der Waals surface area contributed by atoms with E-state index in [0.717, 1.165) is 27.8 Å². The number of imide groups is 1. The molecule has 29 heavy (non-hydrogen) atoms. The molecule has 2 amide bonds. The molecule has 0 aliphatic carbocycles. The van der Waals surface area contributed by atoms with Crippen LogP contribution in [0, 0.1) is 27.7 Å². The number of nitrogens with zero attached hydrogens (tertiary/aromatic N) is 2. The van der Waals surface area contributed by atoms with Crippen molar-refractivity contribution in [2.24, 2.45) is 0 Å². The number of hydrogen-bond acceptors (Lipinski definition) is 4. The van der Waals surface area contributed by atoms with Gasteiger partial charge in [0.15, 0.2) is 0 Å². The number of morpholine rings is 1. The highest BCUT2D eigenvalue weighted by atomic mass is 16.5. The zero-order valence-electron chi connectivity index (χ0n) is 17.4. The molecule has 0 unspecified atom stereocenters. The van der Waals surface area contributed by atoms with Crippen molar-refractivity contribution in [2.45, 2.75) is 27.7 Å². The maximum Gasteiger partial charge on any atom is 0.282 e. The van der Waals surface area contributed by atoms with E-state index in [-0.39, 0.29) is 11.8 Å². The number of hydrogen-bond donors (Lipinski definition) is 0. The Morgan fingerprint density at radius 2 is 1.55 bits per heavy atom. The van der Waals surface area contributed by atoms with Gasteiger partial charge in [-0.15, -0.1) is 0 Å². The van der Waals surface area contributed by atoms with E-state index >= 15 is 0 Å². The van der Waals surface area contributed by atoms with E-state index in [1.165, 1.54) is 4.90 Å². The van der Waals surface area contributed by atoms with Crippen LogP contribution in [0.25, 0.3) is 5.57 Å². The van der Waals surface area contributed by atoms with Crippen molar-refractivity contribution >= 4 is 23.1 Å². The van der Waals surface area contributed by atoms with Gasteiger partial charge in [0.25, 0.3) is 11.8 Å². The first-order chi connectivity index (χ1) is 13.9. The molecular formula is C24H26N2O3. The summed E-state index contributed by atoms with van der Waals surface area (Å²) in [5.41, 5.74) is 6.67. The average molecular weight is 390 g/mol. The largest absolute Gasteiger partial charge is 0.378 e. The molecule has 0 atom stereocenters. The first-order valence-corrected chi connectivity index (χ1v) is 9.99. The zero-order valence-corrected chi connectivity index (χ0v) is 17.4. The minimum absolute atomic E-state index is 0.251. The second kappa shape index (κ2) is 7.48. The van der Waals surface area contributed by atoms with Crippen molar-refractivity contribution < 1.29 is 14.3 Å². The van der Waals surface area contributed by atoms with Gasteiger partial charge in [-0.1, -0.05) is 30.3 Å². The molecule has 2 aliphatic rings. The number of carbonyl (C=O) groups excluding carboxylic acids is 2. The fourth-order valence-corrected chi connectivity index (χ4v) is 3.95. The van der Waals surface area contributed by atoms with Crippen LogP contribution in [-0.2, 0) is 14.3 Å². The molecular weight excluding hydrogens is 364 g/mol. The van der Waals surface area contributed by atoms with Crippen LogP contribution in [0.3, 0.4) is 0 Å². The molecule has 5 heteroatoms. The topological polar surface area (TPSA) is 49.9 Å². The van der Waals surface area contributed by atoms with Crippen LogP contribution in [0.1, 0.15) is 27.8 Å². The minimum Gasteiger partial charge on any atom is -0.378 e. The van der Waals surface area contributed by atoms with Crippen molar-refractivity contribution in [1.82, 2.24) is 4.90 Å². The Hall–Kier alpha value is -2.92. The quantitative estimate of drug-likeness (QED) is 0.753. The van der Waals surface area contributed by atoms with Crippen molar-refractivity contribution in [3.63, 3.8) is 0 Å². The van der Waals surface area contributed by atoms with Gasteiger partial charge in [-0.25, -0.2) is 4.90 Å². The first kappa shape index (κ1) is 19.4. The van der Waals surface area contributed by atoms with E-state index in [1.807, 2.05) is 69.0 Å². The predicted molar refractivity (Wildman–Crippen MR) is 114 cm³/mol. The molecule has 0 spiro atoms. The molecule has 0 aromatic heterocycles. The van der Waals surface area contributed by atoms with Crippen LogP contribution in [-0.4, -0.2) is 43.0 Å². The fraction of sp³-hybridized carbons (Fsp3) is 0.333. The van der Waals surface area contributed by atoms with E-state index in [1.54, 1.807) is 0 Å². The predicted octanol–water partition coefficient (Wildman–Crippen LogP) is 3.54. The summed E-state index contributed by atoms with van der Waals surface area (Å²) >= 11 is 0. The molecule has 4 rings (SSSR count). The summed E-state index contributed by atoms with van der Waals surface area (Å²) in [6.45, 7) is 10.3. The molecule has 1 fully saturated rings. The molecule has 0 radical (unpaired) electrons. The molecule has 2 aliphatic heterocycles. The summed E-state index contributed by atoms with van der Waals surface area (Å²) in [6.07, 6.45) is 0. The van der Waals surface area contributed by atoms with Gasteiger partial charge in [-0.2, -0.15) is 0 Å². The molecule has 2 aromatic rings. The maximum absolute atomic E-state index is 13.6. The highest BCUT2D eigenvalue weighted by molar-refractivity contribution is 6.45. The molecule has 0 bridgehead atoms. The van der Waals surface area contributed by atoms with Crippen molar-refractivity contribution in [2.75, 3.05) is 31.2 Å². The molecule has 150 valence electrons.